The fourth-order valence-electron chi connectivity index (χ4n) is 1.39. The molecule has 86 valence electrons. The molecule has 2 aromatic heterocycles. The molecule has 3 N–H and O–H groups in total. The van der Waals surface area contributed by atoms with E-state index in [0.717, 1.165) is 17.7 Å². The van der Waals surface area contributed by atoms with Gasteiger partial charge < -0.3 is 10.3 Å². The van der Waals surface area contributed by atoms with Gasteiger partial charge in [-0.2, -0.15) is 10.1 Å². The van der Waals surface area contributed by atoms with E-state index >= 15 is 0 Å². The smallest absolute Gasteiger partial charge is 0.261 e. The van der Waals surface area contributed by atoms with Crippen LogP contribution in [0.5, 0.6) is 0 Å². The molecular formula is C10H15N5O. The lowest BCUT2D eigenvalue weighted by molar-refractivity contribution is 0.419. The van der Waals surface area contributed by atoms with Gasteiger partial charge in [0.1, 0.15) is 0 Å². The van der Waals surface area contributed by atoms with Gasteiger partial charge in [-0.1, -0.05) is 12.1 Å². The van der Waals surface area contributed by atoms with Crippen molar-refractivity contribution < 1.29 is 4.52 Å². The Morgan fingerprint density at radius 3 is 3.00 bits per heavy atom. The van der Waals surface area contributed by atoms with Crippen LogP contribution in [-0.2, 0) is 6.42 Å². The Hall–Kier alpha value is -1.69. The average Bonchev–Trinajstić information content (AvgIpc) is 2.86. The monoisotopic (exact) mass is 221 g/mol. The molecule has 0 aliphatic rings. The van der Waals surface area contributed by atoms with Crippen molar-refractivity contribution in [2.45, 2.75) is 32.7 Å². The standard InChI is InChI=1S/C10H15N5O/c1-3-7(11)4-9-13-10(16-15-9)8-5-12-14-6(8)2/h5,7H,3-4,11H2,1-2H3,(H,12,14). The lowest BCUT2D eigenvalue weighted by atomic mass is 10.1. The van der Waals surface area contributed by atoms with E-state index in [9.17, 15) is 0 Å². The Morgan fingerprint density at radius 2 is 2.38 bits per heavy atom. The minimum absolute atomic E-state index is 0.0795. The van der Waals surface area contributed by atoms with Crippen molar-refractivity contribution in [2.24, 2.45) is 5.73 Å². The molecule has 0 saturated heterocycles. The zero-order valence-electron chi connectivity index (χ0n) is 9.40. The van der Waals surface area contributed by atoms with E-state index in [0.29, 0.717) is 18.1 Å². The molecule has 2 rings (SSSR count). The van der Waals surface area contributed by atoms with Crippen LogP contribution < -0.4 is 5.73 Å². The molecule has 2 aromatic rings. The number of hydrogen-bond donors (Lipinski definition) is 2. The van der Waals surface area contributed by atoms with Crippen molar-refractivity contribution in [2.75, 3.05) is 0 Å². The van der Waals surface area contributed by atoms with Crippen LogP contribution in [0.25, 0.3) is 11.5 Å². The summed E-state index contributed by atoms with van der Waals surface area (Å²) >= 11 is 0. The molecule has 6 heteroatoms. The van der Waals surface area contributed by atoms with E-state index in [4.69, 9.17) is 10.3 Å². The van der Waals surface area contributed by atoms with Gasteiger partial charge in [0.2, 0.25) is 0 Å². The van der Waals surface area contributed by atoms with E-state index < -0.39 is 0 Å². The minimum atomic E-state index is 0.0795. The van der Waals surface area contributed by atoms with E-state index in [1.165, 1.54) is 0 Å². The Bertz CT molecular complexity index is 461. The predicted octanol–water partition coefficient (Wildman–Crippen LogP) is 1.05. The quantitative estimate of drug-likeness (QED) is 0.804. The van der Waals surface area contributed by atoms with Crippen LogP contribution in [0.3, 0.4) is 0 Å². The average molecular weight is 221 g/mol. The van der Waals surface area contributed by atoms with Gasteiger partial charge in [0.25, 0.3) is 5.89 Å². The highest BCUT2D eigenvalue weighted by Crippen LogP contribution is 2.19. The summed E-state index contributed by atoms with van der Waals surface area (Å²) in [5, 5.41) is 10.6. The van der Waals surface area contributed by atoms with Crippen molar-refractivity contribution >= 4 is 0 Å². The molecule has 1 unspecified atom stereocenters. The molecule has 1 atom stereocenters. The Morgan fingerprint density at radius 1 is 1.56 bits per heavy atom. The first-order valence-corrected chi connectivity index (χ1v) is 5.29. The maximum absolute atomic E-state index is 5.82. The molecule has 0 aliphatic heterocycles. The maximum Gasteiger partial charge on any atom is 0.261 e. The molecule has 0 bridgehead atoms. The zero-order valence-corrected chi connectivity index (χ0v) is 9.40. The number of hydrogen-bond acceptors (Lipinski definition) is 5. The van der Waals surface area contributed by atoms with Gasteiger partial charge in [-0.25, -0.2) is 0 Å². The second-order valence-electron chi connectivity index (χ2n) is 3.80. The summed E-state index contributed by atoms with van der Waals surface area (Å²) in [7, 11) is 0. The SMILES string of the molecule is CCC(N)Cc1noc(-c2cn[nH]c2C)n1. The van der Waals surface area contributed by atoms with Crippen LogP contribution in [-0.4, -0.2) is 26.4 Å². The highest BCUT2D eigenvalue weighted by Gasteiger charge is 2.13. The molecule has 0 aliphatic carbocycles. The van der Waals surface area contributed by atoms with Gasteiger partial charge in [-0.15, -0.1) is 0 Å². The number of rotatable bonds is 4. The highest BCUT2D eigenvalue weighted by atomic mass is 16.5. The van der Waals surface area contributed by atoms with Gasteiger partial charge in [-0.05, 0) is 13.3 Å². The van der Waals surface area contributed by atoms with E-state index in [-0.39, 0.29) is 6.04 Å². The van der Waals surface area contributed by atoms with Crippen LogP contribution in [0.2, 0.25) is 0 Å². The normalized spacial score (nSPS) is 12.9. The first-order chi connectivity index (χ1) is 7.70. The number of aromatic amines is 1. The fourth-order valence-corrected chi connectivity index (χ4v) is 1.39. The third kappa shape index (κ3) is 2.11. The van der Waals surface area contributed by atoms with Crippen LogP contribution in [0, 0.1) is 6.92 Å². The summed E-state index contributed by atoms with van der Waals surface area (Å²) in [6, 6.07) is 0.0795. The Balaban J connectivity index is 2.17. The number of aromatic nitrogens is 4. The van der Waals surface area contributed by atoms with Crippen LogP contribution in [0.1, 0.15) is 24.9 Å². The second-order valence-corrected chi connectivity index (χ2v) is 3.80. The molecule has 2 heterocycles. The molecule has 6 nitrogen and oxygen atoms in total. The molecule has 0 radical (unpaired) electrons. The zero-order chi connectivity index (χ0) is 11.5. The van der Waals surface area contributed by atoms with Crippen molar-refractivity contribution in [3.63, 3.8) is 0 Å². The molecule has 0 amide bonds. The van der Waals surface area contributed by atoms with Crippen molar-refractivity contribution in [1.82, 2.24) is 20.3 Å². The predicted molar refractivity (Wildman–Crippen MR) is 58.6 cm³/mol. The number of nitrogens with two attached hydrogens (primary N) is 1. The summed E-state index contributed by atoms with van der Waals surface area (Å²) in [5.74, 6) is 1.13. The molecule has 0 aromatic carbocycles. The largest absolute Gasteiger partial charge is 0.334 e. The van der Waals surface area contributed by atoms with Crippen LogP contribution in [0.4, 0.5) is 0 Å². The lowest BCUT2D eigenvalue weighted by Gasteiger charge is -2.02. The first kappa shape index (κ1) is 10.8. The van der Waals surface area contributed by atoms with E-state index in [1.807, 2.05) is 13.8 Å². The summed E-state index contributed by atoms with van der Waals surface area (Å²) in [5.41, 5.74) is 7.57. The minimum Gasteiger partial charge on any atom is -0.334 e. The van der Waals surface area contributed by atoms with Gasteiger partial charge in [-0.3, -0.25) is 5.10 Å². The first-order valence-electron chi connectivity index (χ1n) is 5.29. The molecule has 0 saturated carbocycles. The topological polar surface area (TPSA) is 93.6 Å². The van der Waals surface area contributed by atoms with Gasteiger partial charge in [0, 0.05) is 18.2 Å². The number of nitrogens with one attached hydrogen (secondary N) is 1. The number of aryl methyl sites for hydroxylation is 1. The summed E-state index contributed by atoms with van der Waals surface area (Å²) in [6.07, 6.45) is 3.21. The summed E-state index contributed by atoms with van der Waals surface area (Å²) in [4.78, 5) is 4.28. The van der Waals surface area contributed by atoms with Crippen molar-refractivity contribution in [3.8, 4) is 11.5 Å². The van der Waals surface area contributed by atoms with Gasteiger partial charge >= 0.3 is 0 Å². The molecule has 0 spiro atoms. The second kappa shape index (κ2) is 4.44. The van der Waals surface area contributed by atoms with E-state index in [2.05, 4.69) is 20.3 Å². The Kier molecular flexibility index (Phi) is 3.00. The lowest BCUT2D eigenvalue weighted by Crippen LogP contribution is -2.21. The third-order valence-corrected chi connectivity index (χ3v) is 2.50. The molecule has 0 fully saturated rings. The third-order valence-electron chi connectivity index (χ3n) is 2.50. The fraction of sp³-hybridized carbons (Fsp3) is 0.500. The van der Waals surface area contributed by atoms with Crippen LogP contribution in [0.15, 0.2) is 10.7 Å². The van der Waals surface area contributed by atoms with Crippen molar-refractivity contribution in [1.29, 1.82) is 0 Å². The van der Waals surface area contributed by atoms with Crippen molar-refractivity contribution in [3.05, 3.63) is 17.7 Å². The Labute approximate surface area is 93.2 Å². The number of H-pyrrole nitrogens is 1. The molecular weight excluding hydrogens is 206 g/mol. The number of nitrogens with zero attached hydrogens (tertiary/aromatic N) is 3. The highest BCUT2D eigenvalue weighted by molar-refractivity contribution is 5.54. The van der Waals surface area contributed by atoms with E-state index in [1.54, 1.807) is 6.20 Å². The summed E-state index contributed by atoms with van der Waals surface area (Å²) in [6.45, 7) is 3.94. The van der Waals surface area contributed by atoms with Crippen LogP contribution >= 0.6 is 0 Å². The van der Waals surface area contributed by atoms with Gasteiger partial charge in [0.15, 0.2) is 5.82 Å². The van der Waals surface area contributed by atoms with Gasteiger partial charge in [0.05, 0.1) is 11.8 Å². The summed E-state index contributed by atoms with van der Waals surface area (Å²) < 4.78 is 5.16. The molecule has 16 heavy (non-hydrogen) atoms. The maximum atomic E-state index is 5.82.